The minimum absolute atomic E-state index is 0.0656. The first kappa shape index (κ1) is 30.8. The number of halogens is 5. The molecule has 0 unspecified atom stereocenters. The predicted octanol–water partition coefficient (Wildman–Crippen LogP) is 6.85. The number of hydrogen-bond donors (Lipinski definition) is 2. The molecule has 41 heavy (non-hydrogen) atoms. The molecule has 1 saturated heterocycles. The summed E-state index contributed by atoms with van der Waals surface area (Å²) in [6.45, 7) is 5.92. The maximum absolute atomic E-state index is 13.2. The summed E-state index contributed by atoms with van der Waals surface area (Å²) in [5.41, 5.74) is 2.25. The number of benzene rings is 2. The predicted molar refractivity (Wildman–Crippen MR) is 154 cm³/mol. The number of amides is 1. The van der Waals surface area contributed by atoms with Gasteiger partial charge in [-0.1, -0.05) is 50.0 Å². The van der Waals surface area contributed by atoms with E-state index in [0.29, 0.717) is 44.0 Å². The first-order valence-electron chi connectivity index (χ1n) is 13.0. The number of carbonyl (C=O) groups excluding carboxylic acids is 2. The number of alkyl halides is 3. The van der Waals surface area contributed by atoms with Crippen molar-refractivity contribution in [3.63, 3.8) is 0 Å². The van der Waals surface area contributed by atoms with Crippen LogP contribution in [0.25, 0.3) is 11.0 Å². The summed E-state index contributed by atoms with van der Waals surface area (Å²) in [5.74, 6) is -1.75. The normalized spacial score (nSPS) is 14.8. The van der Waals surface area contributed by atoms with Crippen molar-refractivity contribution >= 4 is 63.4 Å². The van der Waals surface area contributed by atoms with Crippen molar-refractivity contribution in [2.45, 2.75) is 46.3 Å². The number of methoxy groups -OCH3 is 1. The Morgan fingerprint density at radius 1 is 1.12 bits per heavy atom. The number of rotatable bonds is 6. The number of esters is 1. The lowest BCUT2D eigenvalue weighted by atomic mass is 9.95. The van der Waals surface area contributed by atoms with Crippen LogP contribution in [0.4, 0.5) is 30.5 Å². The lowest BCUT2D eigenvalue weighted by molar-refractivity contribution is -0.179. The fourth-order valence-corrected chi connectivity index (χ4v) is 5.25. The monoisotopic (exact) mass is 613 g/mol. The van der Waals surface area contributed by atoms with Gasteiger partial charge in [-0.15, -0.1) is 0 Å². The molecule has 8 nitrogen and oxygen atoms in total. The van der Waals surface area contributed by atoms with E-state index in [1.54, 1.807) is 40.8 Å². The molecule has 1 aliphatic heterocycles. The van der Waals surface area contributed by atoms with Crippen molar-refractivity contribution < 1.29 is 27.5 Å². The van der Waals surface area contributed by atoms with Gasteiger partial charge in [0.05, 0.1) is 51.0 Å². The van der Waals surface area contributed by atoms with Crippen LogP contribution in [0, 0.1) is 11.3 Å². The molecule has 2 aromatic carbocycles. The van der Waals surface area contributed by atoms with Gasteiger partial charge in [-0.05, 0) is 36.6 Å². The number of aromatic nitrogens is 2. The molecule has 3 aromatic rings. The van der Waals surface area contributed by atoms with Gasteiger partial charge in [-0.2, -0.15) is 13.2 Å². The maximum atomic E-state index is 13.2. The van der Waals surface area contributed by atoms with E-state index >= 15 is 0 Å². The van der Waals surface area contributed by atoms with Gasteiger partial charge in [-0.25, -0.2) is 9.78 Å². The van der Waals surface area contributed by atoms with E-state index in [4.69, 9.17) is 27.9 Å². The fourth-order valence-electron chi connectivity index (χ4n) is 4.72. The zero-order chi connectivity index (χ0) is 30.3. The van der Waals surface area contributed by atoms with Gasteiger partial charge in [0.25, 0.3) is 0 Å². The van der Waals surface area contributed by atoms with Crippen molar-refractivity contribution in [3.8, 4) is 0 Å². The van der Waals surface area contributed by atoms with Crippen LogP contribution in [0.2, 0.25) is 10.0 Å². The van der Waals surface area contributed by atoms with Crippen LogP contribution in [0.5, 0.6) is 0 Å². The molecule has 1 aliphatic rings. The summed E-state index contributed by atoms with van der Waals surface area (Å²) in [4.78, 5) is 31.4. The number of aryl methyl sites for hydroxylation is 1. The quantitative estimate of drug-likeness (QED) is 0.296. The van der Waals surface area contributed by atoms with E-state index in [2.05, 4.69) is 15.6 Å². The number of nitrogens with one attached hydrogen (secondary N) is 2. The second-order valence-electron chi connectivity index (χ2n) is 11.1. The fraction of sp³-hybridized carbons (Fsp3) is 0.464. The maximum Gasteiger partial charge on any atom is 0.391 e. The molecule has 2 heterocycles. The molecule has 1 amide bonds. The zero-order valence-electron chi connectivity index (χ0n) is 23.4. The first-order valence-corrected chi connectivity index (χ1v) is 13.8. The highest BCUT2D eigenvalue weighted by molar-refractivity contribution is 6.39. The van der Waals surface area contributed by atoms with Gasteiger partial charge in [0.1, 0.15) is 0 Å². The zero-order valence-corrected chi connectivity index (χ0v) is 24.9. The van der Waals surface area contributed by atoms with Crippen molar-refractivity contribution in [1.29, 1.82) is 0 Å². The highest BCUT2D eigenvalue weighted by Gasteiger charge is 2.41. The molecule has 1 aromatic heterocycles. The topological polar surface area (TPSA) is 88.5 Å². The SMILES string of the molecule is COC(=O)c1cc2nc(Nc3c(Cl)ccc(CNC(=O)C(C)(C)C)c3Cl)n(C)c2cc1N1CCC(C(F)(F)F)CC1. The molecule has 0 bridgehead atoms. The van der Waals surface area contributed by atoms with Crippen LogP contribution in [-0.4, -0.2) is 47.8 Å². The van der Waals surface area contributed by atoms with Gasteiger partial charge in [-0.3, -0.25) is 4.79 Å². The van der Waals surface area contributed by atoms with Gasteiger partial charge in [0.2, 0.25) is 11.9 Å². The number of nitrogens with zero attached hydrogens (tertiary/aromatic N) is 3. The molecule has 13 heteroatoms. The third kappa shape index (κ3) is 6.51. The van der Waals surface area contributed by atoms with E-state index in [1.165, 1.54) is 7.11 Å². The summed E-state index contributed by atoms with van der Waals surface area (Å²) in [7, 11) is 3.00. The minimum Gasteiger partial charge on any atom is -0.465 e. The lowest BCUT2D eigenvalue weighted by Gasteiger charge is -2.35. The molecule has 0 spiro atoms. The average molecular weight is 614 g/mol. The van der Waals surface area contributed by atoms with Gasteiger partial charge in [0, 0.05) is 32.1 Å². The summed E-state index contributed by atoms with van der Waals surface area (Å²) < 4.78 is 46.4. The Bertz CT molecular complexity index is 1480. The number of fused-ring (bicyclic) bond motifs is 1. The Labute approximate surface area is 246 Å². The molecule has 4 rings (SSSR count). The molecule has 0 saturated carbocycles. The molecular weight excluding hydrogens is 582 g/mol. The largest absolute Gasteiger partial charge is 0.465 e. The highest BCUT2D eigenvalue weighted by Crippen LogP contribution is 2.39. The van der Waals surface area contributed by atoms with Crippen LogP contribution in [0.15, 0.2) is 24.3 Å². The standard InChI is InChI=1S/C28H32Cl2F3N5O3/c1-27(2,3)25(40)34-14-15-6-7-18(29)23(22(15)30)36-26-35-19-12-17(24(39)41-5)20(13-21(19)37(26)4)38-10-8-16(9-11-38)28(31,32)33/h6-7,12-13,16H,8-11,14H2,1-5H3,(H,34,40)(H,35,36). The molecule has 1 fully saturated rings. The molecular formula is C28H32Cl2F3N5O3. The Hall–Kier alpha value is -3.18. The van der Waals surface area contributed by atoms with Gasteiger partial charge in [0.15, 0.2) is 0 Å². The summed E-state index contributed by atoms with van der Waals surface area (Å²) in [6, 6.07) is 6.69. The van der Waals surface area contributed by atoms with Crippen molar-refractivity contribution in [2.75, 3.05) is 30.4 Å². The number of carbonyl (C=O) groups is 2. The van der Waals surface area contributed by atoms with Crippen LogP contribution < -0.4 is 15.5 Å². The summed E-state index contributed by atoms with van der Waals surface area (Å²) >= 11 is 13.2. The van der Waals surface area contributed by atoms with Crippen LogP contribution >= 0.6 is 23.2 Å². The summed E-state index contributed by atoms with van der Waals surface area (Å²) in [6.07, 6.45) is -4.38. The van der Waals surface area contributed by atoms with Crippen LogP contribution in [0.3, 0.4) is 0 Å². The van der Waals surface area contributed by atoms with E-state index < -0.39 is 23.5 Å². The number of ether oxygens (including phenoxy) is 1. The Kier molecular flexibility index (Phi) is 8.71. The van der Waals surface area contributed by atoms with E-state index in [-0.39, 0.29) is 43.9 Å². The smallest absolute Gasteiger partial charge is 0.391 e. The summed E-state index contributed by atoms with van der Waals surface area (Å²) in [5, 5.41) is 6.67. The molecule has 0 atom stereocenters. The Morgan fingerprint density at radius 3 is 2.37 bits per heavy atom. The van der Waals surface area contributed by atoms with E-state index in [9.17, 15) is 22.8 Å². The van der Waals surface area contributed by atoms with Gasteiger partial charge < -0.3 is 24.8 Å². The van der Waals surface area contributed by atoms with Crippen molar-refractivity contribution in [2.24, 2.45) is 18.4 Å². The molecule has 0 radical (unpaired) electrons. The minimum atomic E-state index is -4.25. The average Bonchev–Trinajstić information content (AvgIpc) is 3.22. The second-order valence-corrected chi connectivity index (χ2v) is 11.9. The third-order valence-electron chi connectivity index (χ3n) is 7.23. The van der Waals surface area contributed by atoms with Crippen molar-refractivity contribution in [1.82, 2.24) is 14.9 Å². The molecule has 0 aliphatic carbocycles. The Morgan fingerprint density at radius 2 is 1.78 bits per heavy atom. The highest BCUT2D eigenvalue weighted by atomic mass is 35.5. The third-order valence-corrected chi connectivity index (χ3v) is 7.98. The van der Waals surface area contributed by atoms with Crippen LogP contribution in [-0.2, 0) is 23.1 Å². The van der Waals surface area contributed by atoms with Gasteiger partial charge >= 0.3 is 12.1 Å². The lowest BCUT2D eigenvalue weighted by Crippen LogP contribution is -2.39. The van der Waals surface area contributed by atoms with Crippen molar-refractivity contribution in [3.05, 3.63) is 45.4 Å². The van der Waals surface area contributed by atoms with E-state index in [0.717, 1.165) is 0 Å². The number of piperidine rings is 1. The van der Waals surface area contributed by atoms with Crippen LogP contribution in [0.1, 0.15) is 49.5 Å². The molecule has 222 valence electrons. The number of imidazole rings is 1. The molecule has 2 N–H and O–H groups in total. The Balaban J connectivity index is 1.67. The van der Waals surface area contributed by atoms with E-state index in [1.807, 2.05) is 20.8 Å². The second kappa shape index (κ2) is 11.6. The number of hydrogen-bond acceptors (Lipinski definition) is 6. The first-order chi connectivity index (χ1) is 19.1. The number of anilines is 3.